The summed E-state index contributed by atoms with van der Waals surface area (Å²) in [6, 6.07) is 1.11. The van der Waals surface area contributed by atoms with Gasteiger partial charge in [-0.1, -0.05) is 6.92 Å². The Morgan fingerprint density at radius 3 is 2.67 bits per heavy atom. The molecule has 0 radical (unpaired) electrons. The van der Waals surface area contributed by atoms with E-state index in [1.54, 1.807) is 0 Å². The Hall–Kier alpha value is -1.57. The smallest absolute Gasteiger partial charge is 0.368 e. The number of nitrogens with two attached hydrogens (primary N) is 1. The van der Waals surface area contributed by atoms with Gasteiger partial charge in [0.2, 0.25) is 5.95 Å². The summed E-state index contributed by atoms with van der Waals surface area (Å²) < 4.78 is 38.6. The van der Waals surface area contributed by atoms with Crippen molar-refractivity contribution in [1.29, 1.82) is 0 Å². The standard InChI is InChI=1S/C13H20F3N5/c1-3-9-8-20(2)5-4-6-21(9)11-7-10(13(14,15)16)18-12(17)19-11/h7,9H,3-6,8H2,1-2H3,(H2,17,18,19). The molecule has 8 heteroatoms. The second kappa shape index (κ2) is 6.05. The molecule has 1 unspecified atom stereocenters. The van der Waals surface area contributed by atoms with Gasteiger partial charge in [-0.15, -0.1) is 0 Å². The predicted molar refractivity (Wildman–Crippen MR) is 75.0 cm³/mol. The van der Waals surface area contributed by atoms with Gasteiger partial charge in [0.1, 0.15) is 5.82 Å². The maximum absolute atomic E-state index is 12.9. The number of likely N-dealkylation sites (N-methyl/N-ethyl adjacent to an activating group) is 1. The van der Waals surface area contributed by atoms with Crippen LogP contribution in [0.25, 0.3) is 0 Å². The Labute approximate surface area is 122 Å². The Kier molecular flexibility index (Phi) is 4.55. The third kappa shape index (κ3) is 3.75. The molecule has 1 aliphatic heterocycles. The van der Waals surface area contributed by atoms with Crippen molar-refractivity contribution in [3.8, 4) is 0 Å². The highest BCUT2D eigenvalue weighted by Gasteiger charge is 2.34. The van der Waals surface area contributed by atoms with Crippen LogP contribution in [0, 0.1) is 0 Å². The van der Waals surface area contributed by atoms with E-state index in [0.717, 1.165) is 32.0 Å². The normalized spacial score (nSPS) is 21.4. The Bertz CT molecular complexity index is 491. The van der Waals surface area contributed by atoms with Crippen molar-refractivity contribution >= 4 is 11.8 Å². The molecule has 1 fully saturated rings. The lowest BCUT2D eigenvalue weighted by Crippen LogP contribution is -2.40. The summed E-state index contributed by atoms with van der Waals surface area (Å²) in [5.41, 5.74) is 4.47. The molecule has 21 heavy (non-hydrogen) atoms. The van der Waals surface area contributed by atoms with Crippen LogP contribution in [0.15, 0.2) is 6.07 Å². The fraction of sp³-hybridized carbons (Fsp3) is 0.692. The van der Waals surface area contributed by atoms with E-state index in [2.05, 4.69) is 14.9 Å². The number of nitrogen functional groups attached to an aromatic ring is 1. The molecule has 118 valence electrons. The summed E-state index contributed by atoms with van der Waals surface area (Å²) >= 11 is 0. The number of anilines is 2. The molecular weight excluding hydrogens is 283 g/mol. The molecular formula is C13H20F3N5. The van der Waals surface area contributed by atoms with Crippen molar-refractivity contribution in [3.63, 3.8) is 0 Å². The summed E-state index contributed by atoms with van der Waals surface area (Å²) in [5.74, 6) is -0.0794. The fourth-order valence-corrected chi connectivity index (χ4v) is 2.64. The predicted octanol–water partition coefficient (Wildman–Crippen LogP) is 2.00. The first kappa shape index (κ1) is 15.8. The summed E-state index contributed by atoms with van der Waals surface area (Å²) in [4.78, 5) is 11.4. The van der Waals surface area contributed by atoms with Gasteiger partial charge < -0.3 is 15.5 Å². The van der Waals surface area contributed by atoms with Crippen molar-refractivity contribution in [2.75, 3.05) is 37.3 Å². The highest BCUT2D eigenvalue weighted by molar-refractivity contribution is 5.45. The minimum atomic E-state index is -4.52. The minimum absolute atomic E-state index is 0.118. The van der Waals surface area contributed by atoms with Crippen LogP contribution in [0.2, 0.25) is 0 Å². The van der Waals surface area contributed by atoms with Crippen LogP contribution >= 0.6 is 0 Å². The summed E-state index contributed by atoms with van der Waals surface area (Å²) in [6.45, 7) is 4.39. The number of hydrogen-bond acceptors (Lipinski definition) is 5. The molecule has 0 bridgehead atoms. The highest BCUT2D eigenvalue weighted by Crippen LogP contribution is 2.31. The van der Waals surface area contributed by atoms with E-state index in [0.29, 0.717) is 6.54 Å². The Balaban J connectivity index is 2.37. The second-order valence-corrected chi connectivity index (χ2v) is 5.34. The number of aromatic nitrogens is 2. The van der Waals surface area contributed by atoms with Gasteiger partial charge >= 0.3 is 6.18 Å². The third-order valence-corrected chi connectivity index (χ3v) is 3.69. The van der Waals surface area contributed by atoms with E-state index in [1.165, 1.54) is 0 Å². The van der Waals surface area contributed by atoms with Crippen LogP contribution in [0.4, 0.5) is 24.9 Å². The van der Waals surface area contributed by atoms with Crippen molar-refractivity contribution in [2.24, 2.45) is 0 Å². The summed E-state index contributed by atoms with van der Waals surface area (Å²) in [7, 11) is 2.02. The molecule has 5 nitrogen and oxygen atoms in total. The van der Waals surface area contributed by atoms with E-state index in [9.17, 15) is 13.2 Å². The van der Waals surface area contributed by atoms with Gasteiger partial charge in [0.15, 0.2) is 5.69 Å². The first-order valence-corrected chi connectivity index (χ1v) is 6.98. The van der Waals surface area contributed by atoms with Crippen LogP contribution in [0.3, 0.4) is 0 Å². The Morgan fingerprint density at radius 2 is 2.05 bits per heavy atom. The van der Waals surface area contributed by atoms with Crippen molar-refractivity contribution in [3.05, 3.63) is 11.8 Å². The second-order valence-electron chi connectivity index (χ2n) is 5.34. The molecule has 1 atom stereocenters. The van der Waals surface area contributed by atoms with Crippen LogP contribution in [0.5, 0.6) is 0 Å². The zero-order valence-corrected chi connectivity index (χ0v) is 12.2. The quantitative estimate of drug-likeness (QED) is 0.905. The van der Waals surface area contributed by atoms with Crippen LogP contribution in [-0.2, 0) is 6.18 Å². The van der Waals surface area contributed by atoms with Crippen molar-refractivity contribution in [2.45, 2.75) is 32.0 Å². The maximum atomic E-state index is 12.9. The fourth-order valence-electron chi connectivity index (χ4n) is 2.64. The monoisotopic (exact) mass is 303 g/mol. The summed E-state index contributed by atoms with van der Waals surface area (Å²) in [6.07, 6.45) is -2.82. The Morgan fingerprint density at radius 1 is 1.33 bits per heavy atom. The van der Waals surface area contributed by atoms with Gasteiger partial charge in [0, 0.05) is 25.2 Å². The SMILES string of the molecule is CCC1CN(C)CCCN1c1cc(C(F)(F)F)nc(N)n1. The highest BCUT2D eigenvalue weighted by atomic mass is 19.4. The van der Waals surface area contributed by atoms with Gasteiger partial charge in [-0.2, -0.15) is 18.2 Å². The van der Waals surface area contributed by atoms with Gasteiger partial charge in [0.25, 0.3) is 0 Å². The molecule has 0 amide bonds. The lowest BCUT2D eigenvalue weighted by molar-refractivity contribution is -0.141. The molecule has 0 aliphatic carbocycles. The largest absolute Gasteiger partial charge is 0.433 e. The lowest BCUT2D eigenvalue weighted by atomic mass is 10.2. The number of nitrogens with zero attached hydrogens (tertiary/aromatic N) is 4. The zero-order valence-electron chi connectivity index (χ0n) is 12.2. The molecule has 2 rings (SSSR count). The average molecular weight is 303 g/mol. The van der Waals surface area contributed by atoms with E-state index in [-0.39, 0.29) is 17.8 Å². The van der Waals surface area contributed by atoms with E-state index < -0.39 is 11.9 Å². The van der Waals surface area contributed by atoms with Crippen molar-refractivity contribution < 1.29 is 13.2 Å². The van der Waals surface area contributed by atoms with Crippen LogP contribution < -0.4 is 10.6 Å². The summed E-state index contributed by atoms with van der Waals surface area (Å²) in [5, 5.41) is 0. The number of rotatable bonds is 2. The van der Waals surface area contributed by atoms with Gasteiger partial charge in [-0.25, -0.2) is 4.98 Å². The molecule has 0 aromatic carbocycles. The van der Waals surface area contributed by atoms with Gasteiger partial charge in [-0.05, 0) is 26.4 Å². The molecule has 1 saturated heterocycles. The van der Waals surface area contributed by atoms with Crippen LogP contribution in [0.1, 0.15) is 25.5 Å². The number of hydrogen-bond donors (Lipinski definition) is 1. The van der Waals surface area contributed by atoms with Crippen LogP contribution in [-0.4, -0.2) is 47.6 Å². The lowest BCUT2D eigenvalue weighted by Gasteiger charge is -2.31. The first-order valence-electron chi connectivity index (χ1n) is 6.98. The van der Waals surface area contributed by atoms with E-state index in [1.807, 2.05) is 18.9 Å². The molecule has 1 aliphatic rings. The van der Waals surface area contributed by atoms with E-state index in [4.69, 9.17) is 5.73 Å². The first-order chi connectivity index (χ1) is 9.81. The van der Waals surface area contributed by atoms with Crippen molar-refractivity contribution in [1.82, 2.24) is 14.9 Å². The molecule has 2 N–H and O–H groups in total. The molecule has 1 aromatic heterocycles. The number of halogens is 3. The molecule has 1 aromatic rings. The minimum Gasteiger partial charge on any atom is -0.368 e. The maximum Gasteiger partial charge on any atom is 0.433 e. The van der Waals surface area contributed by atoms with E-state index >= 15 is 0 Å². The molecule has 0 saturated carbocycles. The van der Waals surface area contributed by atoms with Gasteiger partial charge in [0.05, 0.1) is 0 Å². The van der Waals surface area contributed by atoms with Gasteiger partial charge in [-0.3, -0.25) is 0 Å². The molecule has 2 heterocycles. The third-order valence-electron chi connectivity index (χ3n) is 3.69. The zero-order chi connectivity index (χ0) is 15.6. The molecule has 0 spiro atoms. The number of alkyl halides is 3. The topological polar surface area (TPSA) is 58.3 Å². The average Bonchev–Trinajstić information content (AvgIpc) is 2.58.